The summed E-state index contributed by atoms with van der Waals surface area (Å²) in [7, 11) is 3.48. The summed E-state index contributed by atoms with van der Waals surface area (Å²) in [6.07, 6.45) is 0.741. The molecule has 26 heavy (non-hydrogen) atoms. The maximum absolute atomic E-state index is 11.9. The molecular formula is C18H33IN4O2S. The van der Waals surface area contributed by atoms with Crippen LogP contribution in [0, 0.1) is 5.92 Å². The zero-order chi connectivity index (χ0) is 18.9. The van der Waals surface area contributed by atoms with Crippen LogP contribution >= 0.6 is 35.3 Å². The van der Waals surface area contributed by atoms with E-state index < -0.39 is 5.60 Å². The van der Waals surface area contributed by atoms with Crippen molar-refractivity contribution in [3.05, 3.63) is 22.4 Å². The molecule has 0 bridgehead atoms. The smallest absolute Gasteiger partial charge is 0.410 e. The number of amides is 1. The highest BCUT2D eigenvalue weighted by atomic mass is 127. The first-order chi connectivity index (χ1) is 11.7. The van der Waals surface area contributed by atoms with Crippen LogP contribution in [0.25, 0.3) is 0 Å². The van der Waals surface area contributed by atoms with E-state index in [0.717, 1.165) is 18.9 Å². The highest BCUT2D eigenvalue weighted by molar-refractivity contribution is 14.0. The van der Waals surface area contributed by atoms with Crippen molar-refractivity contribution in [1.82, 2.24) is 15.5 Å². The Kier molecular flexibility index (Phi) is 11.9. The maximum atomic E-state index is 11.9. The van der Waals surface area contributed by atoms with E-state index in [1.165, 1.54) is 4.88 Å². The number of rotatable bonds is 7. The third kappa shape index (κ3) is 10.8. The van der Waals surface area contributed by atoms with Gasteiger partial charge >= 0.3 is 6.09 Å². The standard InChI is InChI=1S/C18H32N4O2S.HI/c1-14(12-15-8-7-11-25-15)13-21-16(19-5)20-9-10-22(6)17(23)24-18(2,3)4;/h7-8,11,14H,9-10,12-13H2,1-6H3,(H2,19,20,21);1H. The molecule has 1 heterocycles. The van der Waals surface area contributed by atoms with Gasteiger partial charge in [-0.3, -0.25) is 4.99 Å². The van der Waals surface area contributed by atoms with Crippen LogP contribution in [0.3, 0.4) is 0 Å². The summed E-state index contributed by atoms with van der Waals surface area (Å²) in [6.45, 7) is 9.80. The number of thiophene rings is 1. The van der Waals surface area contributed by atoms with Gasteiger partial charge in [0.15, 0.2) is 5.96 Å². The Bertz CT molecular complexity index is 544. The van der Waals surface area contributed by atoms with E-state index in [9.17, 15) is 4.79 Å². The van der Waals surface area contributed by atoms with Gasteiger partial charge in [-0.1, -0.05) is 13.0 Å². The minimum absolute atomic E-state index is 0. The molecule has 1 amide bonds. The third-order valence-electron chi connectivity index (χ3n) is 3.42. The highest BCUT2D eigenvalue weighted by Gasteiger charge is 2.19. The second kappa shape index (κ2) is 12.4. The number of aliphatic imine (C=N–C) groups is 1. The van der Waals surface area contributed by atoms with Crippen LogP contribution in [-0.4, -0.2) is 56.3 Å². The molecule has 0 aliphatic rings. The predicted octanol–water partition coefficient (Wildman–Crippen LogP) is 3.58. The van der Waals surface area contributed by atoms with Crippen molar-refractivity contribution in [2.45, 2.75) is 39.7 Å². The molecule has 0 spiro atoms. The Morgan fingerprint density at radius 2 is 2.08 bits per heavy atom. The summed E-state index contributed by atoms with van der Waals surface area (Å²) >= 11 is 1.79. The van der Waals surface area contributed by atoms with E-state index in [4.69, 9.17) is 4.74 Å². The van der Waals surface area contributed by atoms with Gasteiger partial charge in [0.1, 0.15) is 5.60 Å². The first kappa shape index (κ1) is 25.0. The zero-order valence-corrected chi connectivity index (χ0v) is 19.8. The molecule has 1 atom stereocenters. The van der Waals surface area contributed by atoms with Gasteiger partial charge in [0.05, 0.1) is 0 Å². The lowest BCUT2D eigenvalue weighted by atomic mass is 10.1. The van der Waals surface area contributed by atoms with Gasteiger partial charge in [0.25, 0.3) is 0 Å². The minimum Gasteiger partial charge on any atom is -0.444 e. The van der Waals surface area contributed by atoms with Crippen molar-refractivity contribution in [3.8, 4) is 0 Å². The lowest BCUT2D eigenvalue weighted by Gasteiger charge is -2.25. The van der Waals surface area contributed by atoms with Crippen molar-refractivity contribution >= 4 is 47.4 Å². The zero-order valence-electron chi connectivity index (χ0n) is 16.7. The van der Waals surface area contributed by atoms with Gasteiger partial charge in [0.2, 0.25) is 0 Å². The summed E-state index contributed by atoms with van der Waals surface area (Å²) in [5, 5.41) is 8.66. The van der Waals surface area contributed by atoms with E-state index >= 15 is 0 Å². The summed E-state index contributed by atoms with van der Waals surface area (Å²) in [4.78, 5) is 19.1. The Morgan fingerprint density at radius 3 is 2.62 bits per heavy atom. The van der Waals surface area contributed by atoms with Crippen LogP contribution in [-0.2, 0) is 11.2 Å². The number of carbonyl (C=O) groups excluding carboxylic acids is 1. The molecule has 0 fully saturated rings. The number of hydrogen-bond donors (Lipinski definition) is 2. The molecule has 1 unspecified atom stereocenters. The number of carbonyl (C=O) groups is 1. The van der Waals surface area contributed by atoms with Crippen LogP contribution in [0.15, 0.2) is 22.5 Å². The molecule has 0 aliphatic heterocycles. The number of nitrogens with one attached hydrogen (secondary N) is 2. The summed E-state index contributed by atoms with van der Waals surface area (Å²) in [6, 6.07) is 4.25. The molecule has 1 rings (SSSR count). The first-order valence-electron chi connectivity index (χ1n) is 8.62. The van der Waals surface area contributed by atoms with Crippen molar-refractivity contribution < 1.29 is 9.53 Å². The molecule has 1 aromatic heterocycles. The second-order valence-electron chi connectivity index (χ2n) is 7.17. The summed E-state index contributed by atoms with van der Waals surface area (Å²) in [5.74, 6) is 1.26. The molecule has 8 heteroatoms. The van der Waals surface area contributed by atoms with E-state index in [1.54, 1.807) is 30.3 Å². The largest absolute Gasteiger partial charge is 0.444 e. The Hall–Kier alpha value is -1.03. The Balaban J connectivity index is 0.00000625. The molecule has 6 nitrogen and oxygen atoms in total. The van der Waals surface area contributed by atoms with Gasteiger partial charge < -0.3 is 20.3 Å². The third-order valence-corrected chi connectivity index (χ3v) is 4.31. The Morgan fingerprint density at radius 1 is 1.38 bits per heavy atom. The number of likely N-dealkylation sites (N-methyl/N-ethyl adjacent to an activating group) is 1. The molecule has 0 saturated carbocycles. The molecular weight excluding hydrogens is 463 g/mol. The van der Waals surface area contributed by atoms with Crippen LogP contribution < -0.4 is 10.6 Å². The highest BCUT2D eigenvalue weighted by Crippen LogP contribution is 2.13. The first-order valence-corrected chi connectivity index (χ1v) is 9.50. The molecule has 0 saturated heterocycles. The van der Waals surface area contributed by atoms with Gasteiger partial charge in [-0.2, -0.15) is 0 Å². The topological polar surface area (TPSA) is 66.0 Å². The average molecular weight is 496 g/mol. The van der Waals surface area contributed by atoms with Gasteiger partial charge in [-0.05, 0) is 44.6 Å². The average Bonchev–Trinajstić information content (AvgIpc) is 3.01. The maximum Gasteiger partial charge on any atom is 0.410 e. The van der Waals surface area contributed by atoms with Gasteiger partial charge in [-0.25, -0.2) is 4.79 Å². The SMILES string of the molecule is CN=C(NCCN(C)C(=O)OC(C)(C)C)NCC(C)Cc1cccs1.I. The van der Waals surface area contributed by atoms with Crippen LogP contribution in [0.4, 0.5) is 4.79 Å². The molecule has 0 aliphatic carbocycles. The van der Waals surface area contributed by atoms with E-state index in [1.807, 2.05) is 20.8 Å². The van der Waals surface area contributed by atoms with E-state index in [0.29, 0.717) is 19.0 Å². The lowest BCUT2D eigenvalue weighted by Crippen LogP contribution is -2.44. The van der Waals surface area contributed by atoms with Crippen molar-refractivity contribution in [1.29, 1.82) is 0 Å². The minimum atomic E-state index is -0.477. The quantitative estimate of drug-likeness (QED) is 0.344. The van der Waals surface area contributed by atoms with Gasteiger partial charge in [0, 0.05) is 38.6 Å². The summed E-state index contributed by atoms with van der Waals surface area (Å²) in [5.41, 5.74) is -0.477. The molecule has 0 aromatic carbocycles. The fourth-order valence-electron chi connectivity index (χ4n) is 2.11. The monoisotopic (exact) mass is 496 g/mol. The fraction of sp³-hybridized carbons (Fsp3) is 0.667. The Labute approximate surface area is 178 Å². The lowest BCUT2D eigenvalue weighted by molar-refractivity contribution is 0.0302. The molecule has 0 radical (unpaired) electrons. The number of guanidine groups is 1. The van der Waals surface area contributed by atoms with Crippen molar-refractivity contribution in [3.63, 3.8) is 0 Å². The molecule has 1 aromatic rings. The van der Waals surface area contributed by atoms with Crippen molar-refractivity contribution in [2.24, 2.45) is 10.9 Å². The normalized spacial score (nSPS) is 12.8. The molecule has 2 N–H and O–H groups in total. The number of nitrogens with zero attached hydrogens (tertiary/aromatic N) is 2. The predicted molar refractivity (Wildman–Crippen MR) is 121 cm³/mol. The second-order valence-corrected chi connectivity index (χ2v) is 8.20. The fourth-order valence-corrected chi connectivity index (χ4v) is 2.98. The van der Waals surface area contributed by atoms with Crippen LogP contribution in [0.1, 0.15) is 32.6 Å². The van der Waals surface area contributed by atoms with Crippen LogP contribution in [0.5, 0.6) is 0 Å². The number of hydrogen-bond acceptors (Lipinski definition) is 4. The van der Waals surface area contributed by atoms with Gasteiger partial charge in [-0.15, -0.1) is 35.3 Å². The summed E-state index contributed by atoms with van der Waals surface area (Å²) < 4.78 is 5.33. The number of ether oxygens (including phenoxy) is 1. The molecule has 150 valence electrons. The van der Waals surface area contributed by atoms with Crippen LogP contribution in [0.2, 0.25) is 0 Å². The van der Waals surface area contributed by atoms with E-state index in [2.05, 4.69) is 40.1 Å². The number of halogens is 1. The van der Waals surface area contributed by atoms with Crippen molar-refractivity contribution in [2.75, 3.05) is 33.7 Å². The van der Waals surface area contributed by atoms with E-state index in [-0.39, 0.29) is 30.1 Å².